The predicted molar refractivity (Wildman–Crippen MR) is 68.0 cm³/mol. The first kappa shape index (κ1) is 12.3. The van der Waals surface area contributed by atoms with Crippen molar-refractivity contribution in [3.8, 4) is 0 Å². The van der Waals surface area contributed by atoms with E-state index in [9.17, 15) is 9.90 Å². The topological polar surface area (TPSA) is 37.3 Å². The Morgan fingerprint density at radius 3 is 2.47 bits per heavy atom. The second kappa shape index (κ2) is 5.97. The van der Waals surface area contributed by atoms with Gasteiger partial charge in [-0.3, -0.25) is 4.79 Å². The molecule has 92 valence electrons. The third kappa shape index (κ3) is 3.40. The van der Waals surface area contributed by atoms with E-state index < -0.39 is 6.10 Å². The Labute approximate surface area is 103 Å². The summed E-state index contributed by atoms with van der Waals surface area (Å²) in [5.41, 5.74) is 0.711. The number of hydrogen-bond acceptors (Lipinski definition) is 2. The maximum Gasteiger partial charge on any atom is 0.165 e. The first-order valence-corrected chi connectivity index (χ1v) is 6.53. The van der Waals surface area contributed by atoms with Crippen LogP contribution in [0.25, 0.3) is 0 Å². The second-order valence-corrected chi connectivity index (χ2v) is 4.96. The van der Waals surface area contributed by atoms with Gasteiger partial charge in [0.15, 0.2) is 5.78 Å². The van der Waals surface area contributed by atoms with Crippen LogP contribution >= 0.6 is 0 Å². The molecule has 1 N–H and O–H groups in total. The fourth-order valence-corrected chi connectivity index (χ4v) is 2.62. The first-order chi connectivity index (χ1) is 8.27. The molecular weight excluding hydrogens is 212 g/mol. The van der Waals surface area contributed by atoms with Crippen molar-refractivity contribution in [3.63, 3.8) is 0 Å². The largest absolute Gasteiger partial charge is 0.392 e. The fraction of sp³-hybridized carbons (Fsp3) is 0.533. The van der Waals surface area contributed by atoms with Crippen molar-refractivity contribution in [3.05, 3.63) is 35.9 Å². The van der Waals surface area contributed by atoms with Crippen LogP contribution in [0.5, 0.6) is 0 Å². The minimum Gasteiger partial charge on any atom is -0.392 e. The van der Waals surface area contributed by atoms with Gasteiger partial charge in [-0.05, 0) is 18.8 Å². The molecule has 0 saturated heterocycles. The Morgan fingerprint density at radius 2 is 1.82 bits per heavy atom. The molecule has 0 heterocycles. The van der Waals surface area contributed by atoms with Crippen LogP contribution in [-0.4, -0.2) is 17.0 Å². The molecule has 0 spiro atoms. The SMILES string of the molecule is O=C(C[C@H](O)C1CCCCC1)c1ccccc1. The van der Waals surface area contributed by atoms with E-state index in [4.69, 9.17) is 0 Å². The van der Waals surface area contributed by atoms with Crippen LogP contribution in [0.4, 0.5) is 0 Å². The summed E-state index contributed by atoms with van der Waals surface area (Å²) in [4.78, 5) is 11.9. The number of aliphatic hydroxyl groups excluding tert-OH is 1. The molecule has 1 atom stereocenters. The number of rotatable bonds is 4. The normalized spacial score (nSPS) is 18.9. The molecule has 0 aromatic heterocycles. The molecule has 2 heteroatoms. The summed E-state index contributed by atoms with van der Waals surface area (Å²) in [5, 5.41) is 10.1. The number of Topliss-reactive ketones (excluding diaryl/α,β-unsaturated/α-hetero) is 1. The minimum absolute atomic E-state index is 0.0590. The predicted octanol–water partition coefficient (Wildman–Crippen LogP) is 3.20. The van der Waals surface area contributed by atoms with Crippen molar-refractivity contribution >= 4 is 5.78 Å². The minimum atomic E-state index is -0.456. The van der Waals surface area contributed by atoms with E-state index in [1.807, 2.05) is 30.3 Å². The second-order valence-electron chi connectivity index (χ2n) is 4.96. The highest BCUT2D eigenvalue weighted by atomic mass is 16.3. The molecular formula is C15H20O2. The summed E-state index contributed by atoms with van der Waals surface area (Å²) in [6, 6.07) is 9.25. The van der Waals surface area contributed by atoms with E-state index in [1.165, 1.54) is 19.3 Å². The molecule has 0 aliphatic heterocycles. The van der Waals surface area contributed by atoms with Crippen molar-refractivity contribution in [1.82, 2.24) is 0 Å². The van der Waals surface area contributed by atoms with E-state index in [2.05, 4.69) is 0 Å². The van der Waals surface area contributed by atoms with Crippen molar-refractivity contribution in [2.45, 2.75) is 44.6 Å². The molecule has 1 aromatic rings. The van der Waals surface area contributed by atoms with Crippen molar-refractivity contribution in [2.75, 3.05) is 0 Å². The molecule has 1 aliphatic carbocycles. The lowest BCUT2D eigenvalue weighted by atomic mass is 9.83. The van der Waals surface area contributed by atoms with Gasteiger partial charge in [0.2, 0.25) is 0 Å². The molecule has 1 aliphatic rings. The summed E-state index contributed by atoms with van der Waals surface area (Å²) >= 11 is 0. The van der Waals surface area contributed by atoms with Gasteiger partial charge in [-0.2, -0.15) is 0 Å². The van der Waals surface area contributed by atoms with Crippen LogP contribution in [0.3, 0.4) is 0 Å². The van der Waals surface area contributed by atoms with Gasteiger partial charge in [0, 0.05) is 12.0 Å². The Kier molecular flexibility index (Phi) is 4.32. The van der Waals surface area contributed by atoms with Crippen LogP contribution < -0.4 is 0 Å². The van der Waals surface area contributed by atoms with Crippen molar-refractivity contribution in [2.24, 2.45) is 5.92 Å². The number of aliphatic hydroxyl groups is 1. The van der Waals surface area contributed by atoms with Gasteiger partial charge < -0.3 is 5.11 Å². The third-order valence-electron chi connectivity index (χ3n) is 3.68. The number of ketones is 1. The summed E-state index contributed by atoms with van der Waals surface area (Å²) in [5.74, 6) is 0.389. The van der Waals surface area contributed by atoms with E-state index >= 15 is 0 Å². The molecule has 1 aromatic carbocycles. The Morgan fingerprint density at radius 1 is 1.18 bits per heavy atom. The smallest absolute Gasteiger partial charge is 0.165 e. The molecule has 0 radical (unpaired) electrons. The van der Waals surface area contributed by atoms with Gasteiger partial charge in [0.05, 0.1) is 6.10 Å². The molecule has 2 nitrogen and oxygen atoms in total. The number of benzene rings is 1. The van der Waals surface area contributed by atoms with Gasteiger partial charge >= 0.3 is 0 Å². The molecule has 1 saturated carbocycles. The molecule has 0 bridgehead atoms. The Bertz CT molecular complexity index is 352. The van der Waals surface area contributed by atoms with E-state index in [0.29, 0.717) is 11.5 Å². The van der Waals surface area contributed by atoms with E-state index in [1.54, 1.807) is 0 Å². The number of hydrogen-bond donors (Lipinski definition) is 1. The standard InChI is InChI=1S/C15H20O2/c16-14(12-7-3-1-4-8-12)11-15(17)13-9-5-2-6-10-13/h1,3-4,7-8,13,15,17H,2,5-6,9-11H2/t15-/m0/s1. The van der Waals surface area contributed by atoms with Gasteiger partial charge in [-0.25, -0.2) is 0 Å². The summed E-state index contributed by atoms with van der Waals surface area (Å²) in [6.07, 6.45) is 5.63. The van der Waals surface area contributed by atoms with Gasteiger partial charge in [0.25, 0.3) is 0 Å². The zero-order valence-electron chi connectivity index (χ0n) is 10.1. The molecule has 2 rings (SSSR count). The molecule has 0 unspecified atom stereocenters. The molecule has 1 fully saturated rings. The van der Waals surface area contributed by atoms with Crippen molar-refractivity contribution in [1.29, 1.82) is 0 Å². The highest BCUT2D eigenvalue weighted by Crippen LogP contribution is 2.28. The fourth-order valence-electron chi connectivity index (χ4n) is 2.62. The number of carbonyl (C=O) groups excluding carboxylic acids is 1. The zero-order valence-corrected chi connectivity index (χ0v) is 10.1. The maximum absolute atomic E-state index is 11.9. The molecule has 0 amide bonds. The van der Waals surface area contributed by atoms with Crippen LogP contribution in [0.2, 0.25) is 0 Å². The van der Waals surface area contributed by atoms with Crippen LogP contribution in [-0.2, 0) is 0 Å². The van der Waals surface area contributed by atoms with Crippen molar-refractivity contribution < 1.29 is 9.90 Å². The third-order valence-corrected chi connectivity index (χ3v) is 3.68. The zero-order chi connectivity index (χ0) is 12.1. The van der Waals surface area contributed by atoms with E-state index in [-0.39, 0.29) is 12.2 Å². The molecule has 17 heavy (non-hydrogen) atoms. The quantitative estimate of drug-likeness (QED) is 0.809. The summed E-state index contributed by atoms with van der Waals surface area (Å²) in [7, 11) is 0. The van der Waals surface area contributed by atoms with Crippen LogP contribution in [0.1, 0.15) is 48.9 Å². The summed E-state index contributed by atoms with van der Waals surface area (Å²) < 4.78 is 0. The average Bonchev–Trinajstić information content (AvgIpc) is 2.40. The highest BCUT2D eigenvalue weighted by molar-refractivity contribution is 5.96. The highest BCUT2D eigenvalue weighted by Gasteiger charge is 2.23. The van der Waals surface area contributed by atoms with Crippen LogP contribution in [0.15, 0.2) is 30.3 Å². The monoisotopic (exact) mass is 232 g/mol. The lowest BCUT2D eigenvalue weighted by Crippen LogP contribution is -2.25. The summed E-state index contributed by atoms with van der Waals surface area (Å²) in [6.45, 7) is 0. The van der Waals surface area contributed by atoms with Gasteiger partial charge in [-0.1, -0.05) is 49.6 Å². The first-order valence-electron chi connectivity index (χ1n) is 6.53. The Balaban J connectivity index is 1.89. The van der Waals surface area contributed by atoms with Gasteiger partial charge in [-0.15, -0.1) is 0 Å². The van der Waals surface area contributed by atoms with Gasteiger partial charge in [0.1, 0.15) is 0 Å². The average molecular weight is 232 g/mol. The number of carbonyl (C=O) groups is 1. The lowest BCUT2D eigenvalue weighted by Gasteiger charge is -2.26. The Hall–Kier alpha value is -1.15. The lowest BCUT2D eigenvalue weighted by molar-refractivity contribution is 0.0638. The van der Waals surface area contributed by atoms with Crippen LogP contribution in [0, 0.1) is 5.92 Å². The van der Waals surface area contributed by atoms with E-state index in [0.717, 1.165) is 12.8 Å². The maximum atomic E-state index is 11.9.